The molecular weight excluding hydrogens is 230 g/mol. The van der Waals surface area contributed by atoms with Gasteiger partial charge in [-0.2, -0.15) is 0 Å². The summed E-state index contributed by atoms with van der Waals surface area (Å²) < 4.78 is 27.7. The van der Waals surface area contributed by atoms with E-state index >= 15 is 0 Å². The Hall–Kier alpha value is -1.11. The second-order valence-corrected chi connectivity index (χ2v) is 5.46. The fourth-order valence-corrected chi connectivity index (χ4v) is 1.71. The van der Waals surface area contributed by atoms with Gasteiger partial charge in [0.15, 0.2) is 9.84 Å². The topological polar surface area (TPSA) is 89.6 Å². The van der Waals surface area contributed by atoms with Crippen LogP contribution in [0, 0.1) is 0 Å². The van der Waals surface area contributed by atoms with Gasteiger partial charge in [0.05, 0.1) is 4.90 Å². The number of ether oxygens (including phenoxy) is 1. The van der Waals surface area contributed by atoms with Crippen LogP contribution in [-0.2, 0) is 9.84 Å². The molecule has 0 aliphatic heterocycles. The highest BCUT2D eigenvalue weighted by Crippen LogP contribution is 2.17. The van der Waals surface area contributed by atoms with E-state index in [1.807, 2.05) is 0 Å². The predicted octanol–water partition coefficient (Wildman–Crippen LogP) is -0.211. The van der Waals surface area contributed by atoms with Crippen molar-refractivity contribution in [2.24, 2.45) is 5.73 Å². The van der Waals surface area contributed by atoms with Crippen molar-refractivity contribution in [3.8, 4) is 5.75 Å². The average Bonchev–Trinajstić information content (AvgIpc) is 2.25. The summed E-state index contributed by atoms with van der Waals surface area (Å²) in [5, 5.41) is 9.18. The van der Waals surface area contributed by atoms with Crippen molar-refractivity contribution < 1.29 is 18.3 Å². The quantitative estimate of drug-likeness (QED) is 0.749. The molecule has 1 aromatic carbocycles. The fraction of sp³-hybridized carbons (Fsp3) is 0.400. The number of hydrogen-bond acceptors (Lipinski definition) is 5. The minimum atomic E-state index is -3.24. The molecule has 1 atom stereocenters. The zero-order valence-corrected chi connectivity index (χ0v) is 9.78. The van der Waals surface area contributed by atoms with Gasteiger partial charge in [-0.05, 0) is 18.2 Å². The van der Waals surface area contributed by atoms with Crippen molar-refractivity contribution in [2.75, 3.05) is 19.4 Å². The molecule has 5 nitrogen and oxygen atoms in total. The largest absolute Gasteiger partial charge is 0.491 e. The van der Waals surface area contributed by atoms with Crippen LogP contribution in [0.4, 0.5) is 0 Å². The van der Waals surface area contributed by atoms with Crippen LogP contribution in [0.25, 0.3) is 0 Å². The van der Waals surface area contributed by atoms with Gasteiger partial charge >= 0.3 is 0 Å². The Kier molecular flexibility index (Phi) is 4.28. The first-order valence-corrected chi connectivity index (χ1v) is 6.63. The zero-order valence-electron chi connectivity index (χ0n) is 8.96. The molecule has 0 saturated heterocycles. The smallest absolute Gasteiger partial charge is 0.175 e. The van der Waals surface area contributed by atoms with Crippen LogP contribution in [0.3, 0.4) is 0 Å². The van der Waals surface area contributed by atoms with Crippen LogP contribution < -0.4 is 10.5 Å². The Morgan fingerprint density at radius 2 is 2.19 bits per heavy atom. The standard InChI is InChI=1S/C10H15NO4S/c1-16(13,14)10-4-2-3-9(5-10)15-7-8(12)6-11/h2-5,8,12H,6-7,11H2,1H3. The number of aliphatic hydroxyl groups excluding tert-OH is 1. The van der Waals surface area contributed by atoms with Gasteiger partial charge in [-0.3, -0.25) is 0 Å². The molecule has 0 aromatic heterocycles. The molecule has 0 fully saturated rings. The molecule has 1 rings (SSSR count). The van der Waals surface area contributed by atoms with Crippen molar-refractivity contribution >= 4 is 9.84 Å². The van der Waals surface area contributed by atoms with E-state index < -0.39 is 15.9 Å². The number of rotatable bonds is 5. The second kappa shape index (κ2) is 5.29. The Morgan fingerprint density at radius 3 is 2.75 bits per heavy atom. The van der Waals surface area contributed by atoms with E-state index in [9.17, 15) is 13.5 Å². The first kappa shape index (κ1) is 13.0. The number of aliphatic hydroxyl groups is 1. The summed E-state index contributed by atoms with van der Waals surface area (Å²) in [6.07, 6.45) is 0.378. The average molecular weight is 245 g/mol. The second-order valence-electron chi connectivity index (χ2n) is 3.45. The number of nitrogens with two attached hydrogens (primary N) is 1. The van der Waals surface area contributed by atoms with Crippen LogP contribution in [0.1, 0.15) is 0 Å². The Bertz CT molecular complexity index is 444. The summed E-state index contributed by atoms with van der Waals surface area (Å²) in [6.45, 7) is 0.148. The van der Waals surface area contributed by atoms with Crippen LogP contribution in [0.5, 0.6) is 5.75 Å². The van der Waals surface area contributed by atoms with E-state index in [4.69, 9.17) is 10.5 Å². The normalized spacial score (nSPS) is 13.4. The van der Waals surface area contributed by atoms with Gasteiger partial charge < -0.3 is 15.6 Å². The summed E-state index contributed by atoms with van der Waals surface area (Å²) in [6, 6.07) is 6.11. The molecule has 0 amide bonds. The molecule has 1 aromatic rings. The van der Waals surface area contributed by atoms with Gasteiger partial charge in [0, 0.05) is 12.8 Å². The van der Waals surface area contributed by atoms with Crippen molar-refractivity contribution in [1.29, 1.82) is 0 Å². The van der Waals surface area contributed by atoms with Crippen molar-refractivity contribution in [1.82, 2.24) is 0 Å². The molecule has 0 heterocycles. The van der Waals surface area contributed by atoms with Crippen LogP contribution in [-0.4, -0.2) is 39.0 Å². The Balaban J connectivity index is 2.76. The van der Waals surface area contributed by atoms with E-state index in [1.165, 1.54) is 12.1 Å². The SMILES string of the molecule is CS(=O)(=O)c1cccc(OCC(O)CN)c1. The molecule has 6 heteroatoms. The van der Waals surface area contributed by atoms with E-state index in [2.05, 4.69) is 0 Å². The van der Waals surface area contributed by atoms with Crippen LogP contribution >= 0.6 is 0 Å². The fourth-order valence-electron chi connectivity index (χ4n) is 1.06. The monoisotopic (exact) mass is 245 g/mol. The highest BCUT2D eigenvalue weighted by Gasteiger charge is 2.08. The molecule has 0 bridgehead atoms. The Morgan fingerprint density at radius 1 is 1.50 bits per heavy atom. The van der Waals surface area contributed by atoms with Crippen LogP contribution in [0.15, 0.2) is 29.2 Å². The maximum Gasteiger partial charge on any atom is 0.175 e. The molecule has 0 radical (unpaired) electrons. The third kappa shape index (κ3) is 3.80. The van der Waals surface area contributed by atoms with Gasteiger partial charge in [0.2, 0.25) is 0 Å². The van der Waals surface area contributed by atoms with Crippen molar-refractivity contribution in [3.05, 3.63) is 24.3 Å². The van der Waals surface area contributed by atoms with Gasteiger partial charge in [0.1, 0.15) is 18.5 Å². The molecule has 0 saturated carbocycles. The molecule has 0 aliphatic carbocycles. The lowest BCUT2D eigenvalue weighted by Gasteiger charge is -2.10. The highest BCUT2D eigenvalue weighted by atomic mass is 32.2. The zero-order chi connectivity index (χ0) is 12.2. The lowest BCUT2D eigenvalue weighted by atomic mass is 10.3. The molecule has 1 unspecified atom stereocenters. The first-order valence-electron chi connectivity index (χ1n) is 4.74. The lowest BCUT2D eigenvalue weighted by Crippen LogP contribution is -2.26. The summed E-state index contributed by atoms with van der Waals surface area (Å²) >= 11 is 0. The van der Waals surface area contributed by atoms with E-state index in [1.54, 1.807) is 12.1 Å². The van der Waals surface area contributed by atoms with Gasteiger partial charge in [-0.25, -0.2) is 8.42 Å². The minimum Gasteiger partial charge on any atom is -0.491 e. The number of benzene rings is 1. The van der Waals surface area contributed by atoms with Gasteiger partial charge in [0.25, 0.3) is 0 Å². The molecule has 16 heavy (non-hydrogen) atoms. The van der Waals surface area contributed by atoms with Crippen molar-refractivity contribution in [2.45, 2.75) is 11.0 Å². The van der Waals surface area contributed by atoms with E-state index in [-0.39, 0.29) is 18.0 Å². The summed E-state index contributed by atoms with van der Waals surface area (Å²) in [5.74, 6) is 0.399. The minimum absolute atomic E-state index is 0.0454. The summed E-state index contributed by atoms with van der Waals surface area (Å²) in [4.78, 5) is 0.187. The number of sulfone groups is 1. The third-order valence-corrected chi connectivity index (χ3v) is 3.06. The molecule has 90 valence electrons. The summed E-state index contributed by atoms with van der Waals surface area (Å²) in [5.41, 5.74) is 5.21. The molecule has 0 spiro atoms. The third-order valence-electron chi connectivity index (χ3n) is 1.95. The molecule has 3 N–H and O–H groups in total. The first-order chi connectivity index (χ1) is 7.43. The van der Waals surface area contributed by atoms with Gasteiger partial charge in [-0.1, -0.05) is 6.07 Å². The lowest BCUT2D eigenvalue weighted by molar-refractivity contribution is 0.114. The van der Waals surface area contributed by atoms with Crippen LogP contribution in [0.2, 0.25) is 0 Å². The van der Waals surface area contributed by atoms with E-state index in [0.717, 1.165) is 6.26 Å². The highest BCUT2D eigenvalue weighted by molar-refractivity contribution is 7.90. The molecule has 0 aliphatic rings. The Labute approximate surface area is 94.8 Å². The number of hydrogen-bond donors (Lipinski definition) is 2. The maximum absolute atomic E-state index is 11.3. The molecular formula is C10H15NO4S. The van der Waals surface area contributed by atoms with E-state index in [0.29, 0.717) is 5.75 Å². The predicted molar refractivity (Wildman–Crippen MR) is 60.1 cm³/mol. The van der Waals surface area contributed by atoms with Gasteiger partial charge in [-0.15, -0.1) is 0 Å². The van der Waals surface area contributed by atoms with Crippen molar-refractivity contribution in [3.63, 3.8) is 0 Å². The maximum atomic E-state index is 11.3. The summed E-state index contributed by atoms with van der Waals surface area (Å²) in [7, 11) is -3.24.